The second-order valence-corrected chi connectivity index (χ2v) is 3.34. The summed E-state index contributed by atoms with van der Waals surface area (Å²) in [5, 5.41) is 2.27. The summed E-state index contributed by atoms with van der Waals surface area (Å²) in [5.74, 6) is -1.03. The van der Waals surface area contributed by atoms with Crippen molar-refractivity contribution in [2.45, 2.75) is 19.8 Å². The topological polar surface area (TPSA) is 54.9 Å². The zero-order valence-corrected chi connectivity index (χ0v) is 8.62. The van der Waals surface area contributed by atoms with Crippen molar-refractivity contribution in [1.29, 1.82) is 0 Å². The zero-order valence-electron chi connectivity index (χ0n) is 8.62. The van der Waals surface area contributed by atoms with E-state index < -0.39 is 11.7 Å². The molecule has 0 saturated heterocycles. The molecule has 1 aromatic heterocycles. The molecule has 0 radical (unpaired) electrons. The molecule has 1 rings (SSSR count). The quantitative estimate of drug-likeness (QED) is 0.775. The van der Waals surface area contributed by atoms with E-state index in [4.69, 9.17) is 0 Å². The third-order valence-corrected chi connectivity index (χ3v) is 1.69. The average molecular weight is 209 g/mol. The molecule has 0 bridgehead atoms. The van der Waals surface area contributed by atoms with Gasteiger partial charge in [-0.3, -0.25) is 4.79 Å². The van der Waals surface area contributed by atoms with E-state index in [1.165, 1.54) is 12.4 Å². The zero-order chi connectivity index (χ0) is 11.4. The molecule has 1 N–H and O–H groups in total. The number of aromatic nitrogens is 2. The number of rotatable bonds is 3. The Bertz CT molecular complexity index is 373. The van der Waals surface area contributed by atoms with Gasteiger partial charge in [0.15, 0.2) is 5.83 Å². The minimum Gasteiger partial charge on any atom is -0.317 e. The van der Waals surface area contributed by atoms with Gasteiger partial charge in [-0.1, -0.05) is 20.4 Å². The summed E-state index contributed by atoms with van der Waals surface area (Å²) in [6.07, 6.45) is 2.87. The van der Waals surface area contributed by atoms with Crippen molar-refractivity contribution in [3.63, 3.8) is 0 Å². The molecule has 0 aliphatic heterocycles. The van der Waals surface area contributed by atoms with Crippen LogP contribution in [-0.4, -0.2) is 15.9 Å². The Morgan fingerprint density at radius 3 is 2.40 bits per heavy atom. The summed E-state index contributed by atoms with van der Waals surface area (Å²) in [6, 6.07) is 0. The maximum Gasteiger partial charge on any atom is 0.283 e. The number of amides is 1. The van der Waals surface area contributed by atoms with Gasteiger partial charge in [-0.2, -0.15) is 0 Å². The molecule has 0 spiro atoms. The SMILES string of the molecule is C=C(F)C(=O)Nc1cnc(C(C)C)nc1. The smallest absolute Gasteiger partial charge is 0.283 e. The van der Waals surface area contributed by atoms with Crippen LogP contribution in [-0.2, 0) is 4.79 Å². The molecule has 15 heavy (non-hydrogen) atoms. The molecule has 1 aromatic rings. The Morgan fingerprint density at radius 2 is 2.00 bits per heavy atom. The van der Waals surface area contributed by atoms with Gasteiger partial charge in [-0.25, -0.2) is 14.4 Å². The van der Waals surface area contributed by atoms with Crippen molar-refractivity contribution in [2.75, 3.05) is 5.32 Å². The largest absolute Gasteiger partial charge is 0.317 e. The number of nitrogens with one attached hydrogen (secondary N) is 1. The second-order valence-electron chi connectivity index (χ2n) is 3.34. The van der Waals surface area contributed by atoms with Crippen molar-refractivity contribution in [1.82, 2.24) is 9.97 Å². The van der Waals surface area contributed by atoms with Crippen LogP contribution in [0.1, 0.15) is 25.6 Å². The Morgan fingerprint density at radius 1 is 1.47 bits per heavy atom. The lowest BCUT2D eigenvalue weighted by molar-refractivity contribution is -0.114. The highest BCUT2D eigenvalue weighted by atomic mass is 19.1. The summed E-state index contributed by atoms with van der Waals surface area (Å²) < 4.78 is 12.3. The van der Waals surface area contributed by atoms with Gasteiger partial charge in [0.25, 0.3) is 5.91 Å². The predicted octanol–water partition coefficient (Wildman–Crippen LogP) is 2.02. The van der Waals surface area contributed by atoms with Crippen molar-refractivity contribution >= 4 is 11.6 Å². The van der Waals surface area contributed by atoms with E-state index in [2.05, 4.69) is 21.9 Å². The first-order valence-electron chi connectivity index (χ1n) is 4.48. The lowest BCUT2D eigenvalue weighted by atomic mass is 10.2. The van der Waals surface area contributed by atoms with E-state index in [-0.39, 0.29) is 5.92 Å². The first-order chi connectivity index (χ1) is 7.00. The Balaban J connectivity index is 2.73. The summed E-state index contributed by atoms with van der Waals surface area (Å²) >= 11 is 0. The Kier molecular flexibility index (Phi) is 3.49. The predicted molar refractivity (Wildman–Crippen MR) is 55.0 cm³/mol. The van der Waals surface area contributed by atoms with Crippen LogP contribution in [0.25, 0.3) is 0 Å². The van der Waals surface area contributed by atoms with Crippen LogP contribution in [0.4, 0.5) is 10.1 Å². The molecule has 0 aliphatic rings. The number of nitrogens with zero attached hydrogens (tertiary/aromatic N) is 2. The first kappa shape index (κ1) is 11.3. The summed E-state index contributed by atoms with van der Waals surface area (Å²) in [7, 11) is 0. The summed E-state index contributed by atoms with van der Waals surface area (Å²) in [5.41, 5.74) is 0.350. The fraction of sp³-hybridized carbons (Fsp3) is 0.300. The molecule has 0 unspecified atom stereocenters. The van der Waals surface area contributed by atoms with Gasteiger partial charge >= 0.3 is 0 Å². The van der Waals surface area contributed by atoms with Crippen LogP contribution < -0.4 is 5.32 Å². The fourth-order valence-electron chi connectivity index (χ4n) is 0.900. The second kappa shape index (κ2) is 4.63. The van der Waals surface area contributed by atoms with Crippen LogP contribution >= 0.6 is 0 Å². The molecule has 0 fully saturated rings. The Hall–Kier alpha value is -1.78. The van der Waals surface area contributed by atoms with Crippen LogP contribution in [0.2, 0.25) is 0 Å². The monoisotopic (exact) mass is 209 g/mol. The van der Waals surface area contributed by atoms with Crippen molar-refractivity contribution in [3.8, 4) is 0 Å². The lowest BCUT2D eigenvalue weighted by Gasteiger charge is -2.05. The molecule has 1 heterocycles. The van der Waals surface area contributed by atoms with Gasteiger partial charge in [0, 0.05) is 5.92 Å². The van der Waals surface area contributed by atoms with E-state index in [1.807, 2.05) is 13.8 Å². The number of halogens is 1. The highest BCUT2D eigenvalue weighted by Crippen LogP contribution is 2.10. The van der Waals surface area contributed by atoms with E-state index in [0.29, 0.717) is 11.5 Å². The van der Waals surface area contributed by atoms with Crippen LogP contribution in [0.15, 0.2) is 24.8 Å². The third kappa shape index (κ3) is 3.12. The van der Waals surface area contributed by atoms with Gasteiger partial charge in [0.2, 0.25) is 0 Å². The first-order valence-corrected chi connectivity index (χ1v) is 4.48. The molecule has 80 valence electrons. The van der Waals surface area contributed by atoms with Crippen LogP contribution in [0, 0.1) is 0 Å². The minimum absolute atomic E-state index is 0.214. The van der Waals surface area contributed by atoms with Gasteiger partial charge in [-0.15, -0.1) is 0 Å². The van der Waals surface area contributed by atoms with Crippen molar-refractivity contribution in [3.05, 3.63) is 30.6 Å². The van der Waals surface area contributed by atoms with Crippen molar-refractivity contribution < 1.29 is 9.18 Å². The standard InChI is InChI=1S/C10H12FN3O/c1-6(2)9-12-4-8(5-13-9)14-10(15)7(3)11/h4-6H,3H2,1-2H3,(H,14,15). The van der Waals surface area contributed by atoms with E-state index in [9.17, 15) is 9.18 Å². The molecular weight excluding hydrogens is 197 g/mol. The molecule has 4 nitrogen and oxygen atoms in total. The molecule has 0 atom stereocenters. The summed E-state index contributed by atoms with van der Waals surface area (Å²) in [6.45, 7) is 6.79. The van der Waals surface area contributed by atoms with E-state index in [0.717, 1.165) is 0 Å². The average Bonchev–Trinajstić information content (AvgIpc) is 2.18. The molecular formula is C10H12FN3O. The molecule has 0 saturated carbocycles. The van der Waals surface area contributed by atoms with Crippen molar-refractivity contribution in [2.24, 2.45) is 0 Å². The third-order valence-electron chi connectivity index (χ3n) is 1.69. The normalized spacial score (nSPS) is 10.1. The minimum atomic E-state index is -1.04. The fourth-order valence-corrected chi connectivity index (χ4v) is 0.900. The molecule has 0 aromatic carbocycles. The molecule has 0 aliphatic carbocycles. The maximum absolute atomic E-state index is 12.3. The maximum atomic E-state index is 12.3. The highest BCUT2D eigenvalue weighted by Gasteiger charge is 2.07. The Labute approximate surface area is 87.2 Å². The van der Waals surface area contributed by atoms with E-state index in [1.54, 1.807) is 0 Å². The van der Waals surface area contributed by atoms with Crippen LogP contribution in [0.5, 0.6) is 0 Å². The number of carbonyl (C=O) groups excluding carboxylic acids is 1. The lowest BCUT2D eigenvalue weighted by Crippen LogP contribution is -2.12. The number of hydrogen-bond acceptors (Lipinski definition) is 3. The summed E-state index contributed by atoms with van der Waals surface area (Å²) in [4.78, 5) is 18.9. The molecule has 1 amide bonds. The number of anilines is 1. The van der Waals surface area contributed by atoms with E-state index >= 15 is 0 Å². The van der Waals surface area contributed by atoms with Gasteiger partial charge < -0.3 is 5.32 Å². The molecule has 5 heteroatoms. The van der Waals surface area contributed by atoms with Gasteiger partial charge in [0.05, 0.1) is 18.1 Å². The number of carbonyl (C=O) groups is 1. The van der Waals surface area contributed by atoms with Crippen LogP contribution in [0.3, 0.4) is 0 Å². The van der Waals surface area contributed by atoms with Gasteiger partial charge in [0.1, 0.15) is 5.82 Å². The van der Waals surface area contributed by atoms with Gasteiger partial charge in [-0.05, 0) is 0 Å². The highest BCUT2D eigenvalue weighted by molar-refractivity contribution is 6.01. The number of hydrogen-bond donors (Lipinski definition) is 1.